The van der Waals surface area contributed by atoms with Gasteiger partial charge in [0.2, 0.25) is 5.91 Å². The lowest BCUT2D eigenvalue weighted by molar-refractivity contribution is -0.120. The third-order valence-electron chi connectivity index (χ3n) is 4.99. The number of hydrogen-bond donors (Lipinski definition) is 4. The van der Waals surface area contributed by atoms with Crippen LogP contribution in [-0.2, 0) is 9.53 Å². The molecule has 3 rings (SSSR count). The molecule has 164 valence electrons. The lowest BCUT2D eigenvalue weighted by Gasteiger charge is -2.30. The highest BCUT2D eigenvalue weighted by Gasteiger charge is 2.24. The van der Waals surface area contributed by atoms with Gasteiger partial charge >= 0.3 is 0 Å². The molecule has 1 heterocycles. The van der Waals surface area contributed by atoms with Crippen LogP contribution >= 0.6 is 0 Å². The molecule has 31 heavy (non-hydrogen) atoms. The smallest absolute Gasteiger partial charge is 0.274 e. The van der Waals surface area contributed by atoms with Crippen molar-refractivity contribution in [2.75, 3.05) is 44.7 Å². The number of hydroxylamine groups is 1. The summed E-state index contributed by atoms with van der Waals surface area (Å²) in [6.45, 7) is 3.24. The molecule has 9 nitrogen and oxygen atoms in total. The van der Waals surface area contributed by atoms with Gasteiger partial charge in [-0.05, 0) is 30.3 Å². The molecule has 1 saturated heterocycles. The lowest BCUT2D eigenvalue weighted by atomic mass is 10.1. The predicted octanol–water partition coefficient (Wildman–Crippen LogP) is 1.12. The highest BCUT2D eigenvalue weighted by Crippen LogP contribution is 2.13. The normalized spacial score (nSPS) is 15.0. The predicted molar refractivity (Wildman–Crippen MR) is 114 cm³/mol. The van der Waals surface area contributed by atoms with Crippen LogP contribution in [0.15, 0.2) is 54.6 Å². The fourth-order valence-electron chi connectivity index (χ4n) is 3.29. The Morgan fingerprint density at radius 1 is 0.968 bits per heavy atom. The first-order valence-corrected chi connectivity index (χ1v) is 10.1. The van der Waals surface area contributed by atoms with E-state index in [0.29, 0.717) is 44.1 Å². The van der Waals surface area contributed by atoms with Crippen LogP contribution in [0, 0.1) is 5.92 Å². The number of amides is 3. The summed E-state index contributed by atoms with van der Waals surface area (Å²) < 4.78 is 5.37. The first-order valence-electron chi connectivity index (χ1n) is 10.1. The Hall–Kier alpha value is -3.27. The number of anilines is 1. The second-order valence-corrected chi connectivity index (χ2v) is 7.20. The lowest BCUT2D eigenvalue weighted by Crippen LogP contribution is -2.46. The summed E-state index contributed by atoms with van der Waals surface area (Å²) in [4.78, 5) is 39.2. The van der Waals surface area contributed by atoms with E-state index in [-0.39, 0.29) is 23.9 Å². The van der Waals surface area contributed by atoms with E-state index in [1.807, 2.05) is 6.07 Å². The van der Waals surface area contributed by atoms with Gasteiger partial charge < -0.3 is 15.4 Å². The number of carbonyl (C=O) groups excluding carboxylic acids is 3. The van der Waals surface area contributed by atoms with E-state index in [2.05, 4.69) is 15.5 Å². The molecule has 4 N–H and O–H groups in total. The number of morpholine rings is 1. The van der Waals surface area contributed by atoms with Crippen molar-refractivity contribution < 1.29 is 24.3 Å². The van der Waals surface area contributed by atoms with Crippen LogP contribution in [0.4, 0.5) is 5.69 Å². The zero-order chi connectivity index (χ0) is 22.1. The van der Waals surface area contributed by atoms with E-state index < -0.39 is 11.8 Å². The molecule has 9 heteroatoms. The summed E-state index contributed by atoms with van der Waals surface area (Å²) in [6.07, 6.45) is 0. The van der Waals surface area contributed by atoms with Crippen molar-refractivity contribution >= 4 is 23.4 Å². The molecule has 1 aliphatic rings. The molecule has 1 atom stereocenters. The van der Waals surface area contributed by atoms with E-state index >= 15 is 0 Å². The molecule has 0 spiro atoms. The van der Waals surface area contributed by atoms with E-state index in [0.717, 1.165) is 0 Å². The van der Waals surface area contributed by atoms with Crippen molar-refractivity contribution in [2.24, 2.45) is 5.92 Å². The van der Waals surface area contributed by atoms with Gasteiger partial charge in [0.15, 0.2) is 0 Å². The molecule has 0 aromatic heterocycles. The molecule has 0 radical (unpaired) electrons. The number of nitrogens with one attached hydrogen (secondary N) is 3. The highest BCUT2D eigenvalue weighted by atomic mass is 16.5. The summed E-state index contributed by atoms with van der Waals surface area (Å²) in [7, 11) is 0. The minimum absolute atomic E-state index is 0.160. The maximum atomic E-state index is 13.0. The van der Waals surface area contributed by atoms with Crippen molar-refractivity contribution in [1.29, 1.82) is 0 Å². The Balaban J connectivity index is 1.68. The average Bonchev–Trinajstić information content (AvgIpc) is 2.82. The minimum atomic E-state index is -0.670. The van der Waals surface area contributed by atoms with E-state index in [1.165, 1.54) is 12.1 Å². The number of ether oxygens (including phenoxy) is 1. The summed E-state index contributed by atoms with van der Waals surface area (Å²) in [5, 5.41) is 14.4. The SMILES string of the molecule is O=C(NO)c1cccc(NC(=O)C(CNC(=O)c2ccccc2)CN2CCOCC2)c1. The van der Waals surface area contributed by atoms with Crippen LogP contribution in [0.3, 0.4) is 0 Å². The number of rotatable bonds is 8. The van der Waals surface area contributed by atoms with Crippen LogP contribution in [0.25, 0.3) is 0 Å². The molecular weight excluding hydrogens is 400 g/mol. The van der Waals surface area contributed by atoms with Crippen LogP contribution in [0.2, 0.25) is 0 Å². The van der Waals surface area contributed by atoms with Gasteiger partial charge in [0.05, 0.1) is 19.1 Å². The Labute approximate surface area is 180 Å². The fourth-order valence-corrected chi connectivity index (χ4v) is 3.29. The summed E-state index contributed by atoms with van der Waals surface area (Å²) >= 11 is 0. The Morgan fingerprint density at radius 3 is 2.39 bits per heavy atom. The third kappa shape index (κ3) is 6.61. The number of hydrogen-bond acceptors (Lipinski definition) is 6. The fraction of sp³-hybridized carbons (Fsp3) is 0.318. The Kier molecular flexibility index (Phi) is 8.11. The topological polar surface area (TPSA) is 120 Å². The zero-order valence-electron chi connectivity index (χ0n) is 17.0. The Morgan fingerprint density at radius 2 is 1.68 bits per heavy atom. The van der Waals surface area contributed by atoms with Crippen molar-refractivity contribution in [3.05, 3.63) is 65.7 Å². The molecule has 3 amide bonds. The molecule has 2 aromatic rings. The highest BCUT2D eigenvalue weighted by molar-refractivity contribution is 5.98. The van der Waals surface area contributed by atoms with Crippen LogP contribution in [0.5, 0.6) is 0 Å². The molecule has 1 fully saturated rings. The van der Waals surface area contributed by atoms with Gasteiger partial charge in [-0.25, -0.2) is 5.48 Å². The first-order chi connectivity index (χ1) is 15.1. The van der Waals surface area contributed by atoms with Crippen LogP contribution in [0.1, 0.15) is 20.7 Å². The second kappa shape index (κ2) is 11.2. The van der Waals surface area contributed by atoms with Crippen molar-refractivity contribution in [1.82, 2.24) is 15.7 Å². The van der Waals surface area contributed by atoms with Crippen LogP contribution in [-0.4, -0.2) is 67.2 Å². The van der Waals surface area contributed by atoms with Gasteiger partial charge in [-0.15, -0.1) is 0 Å². The van der Waals surface area contributed by atoms with Crippen molar-refractivity contribution in [3.8, 4) is 0 Å². The largest absolute Gasteiger partial charge is 0.379 e. The number of benzene rings is 2. The van der Waals surface area contributed by atoms with Crippen molar-refractivity contribution in [3.63, 3.8) is 0 Å². The van der Waals surface area contributed by atoms with E-state index in [1.54, 1.807) is 41.9 Å². The molecule has 0 bridgehead atoms. The quantitative estimate of drug-likeness (QED) is 0.371. The minimum Gasteiger partial charge on any atom is -0.379 e. The van der Waals surface area contributed by atoms with Crippen molar-refractivity contribution in [2.45, 2.75) is 0 Å². The second-order valence-electron chi connectivity index (χ2n) is 7.20. The maximum Gasteiger partial charge on any atom is 0.274 e. The average molecular weight is 426 g/mol. The van der Waals surface area contributed by atoms with Gasteiger partial charge in [-0.3, -0.25) is 24.5 Å². The van der Waals surface area contributed by atoms with Gasteiger partial charge in [-0.2, -0.15) is 0 Å². The van der Waals surface area contributed by atoms with E-state index in [9.17, 15) is 14.4 Å². The summed E-state index contributed by atoms with van der Waals surface area (Å²) in [5.41, 5.74) is 2.73. The molecule has 2 aromatic carbocycles. The molecule has 0 aliphatic carbocycles. The summed E-state index contributed by atoms with van der Waals surface area (Å²) in [5.74, 6) is -1.71. The number of nitrogens with zero attached hydrogens (tertiary/aromatic N) is 1. The first kappa shape index (κ1) is 22.4. The van der Waals surface area contributed by atoms with Crippen LogP contribution < -0.4 is 16.1 Å². The Bertz CT molecular complexity index is 900. The van der Waals surface area contributed by atoms with E-state index in [4.69, 9.17) is 9.94 Å². The monoisotopic (exact) mass is 426 g/mol. The number of carbonyl (C=O) groups is 3. The summed E-state index contributed by atoms with van der Waals surface area (Å²) in [6, 6.07) is 15.1. The molecule has 1 aliphatic heterocycles. The van der Waals surface area contributed by atoms with Gasteiger partial charge in [0.1, 0.15) is 0 Å². The zero-order valence-corrected chi connectivity index (χ0v) is 17.0. The molecular formula is C22H26N4O5. The van der Waals surface area contributed by atoms with Gasteiger partial charge in [-0.1, -0.05) is 24.3 Å². The van der Waals surface area contributed by atoms with Gasteiger partial charge in [0.25, 0.3) is 11.8 Å². The third-order valence-corrected chi connectivity index (χ3v) is 4.99. The molecule has 1 unspecified atom stereocenters. The molecule has 0 saturated carbocycles. The standard InChI is InChI=1S/C22H26N4O5/c27-20(16-5-2-1-3-6-16)23-14-18(15-26-9-11-31-12-10-26)21(28)24-19-8-4-7-17(13-19)22(29)25-30/h1-8,13,18,30H,9-12,14-15H2,(H,23,27)(H,24,28)(H,25,29). The van der Waals surface area contributed by atoms with Gasteiger partial charge in [0, 0.05) is 43.0 Å². The maximum absolute atomic E-state index is 13.0.